The van der Waals surface area contributed by atoms with Crippen LogP contribution in [0.2, 0.25) is 0 Å². The molecule has 27 rings (SSSR count). The number of pyridine rings is 4. The quantitative estimate of drug-likeness (QED) is 0.0734. The first-order chi connectivity index (χ1) is 52.3. The molecule has 2 saturated heterocycles. The number of hydrogen-bond acceptors (Lipinski definition) is 17. The molecule has 15 fully saturated rings. The highest BCUT2D eigenvalue weighted by molar-refractivity contribution is 7.91. The van der Waals surface area contributed by atoms with Gasteiger partial charge in [0.2, 0.25) is 0 Å². The Labute approximate surface area is 633 Å². The lowest BCUT2D eigenvalue weighted by molar-refractivity contribution is -0.244. The Morgan fingerprint density at radius 3 is 1.41 bits per heavy atom. The van der Waals surface area contributed by atoms with Gasteiger partial charge in [0.1, 0.15) is 28.3 Å². The Bertz CT molecular complexity index is 4930. The summed E-state index contributed by atoms with van der Waals surface area (Å²) in [5, 5.41) is 36.3. The predicted molar refractivity (Wildman–Crippen MR) is 421 cm³/mol. The van der Waals surface area contributed by atoms with Gasteiger partial charge in [-0.1, -0.05) is 39.8 Å². The third kappa shape index (κ3) is 11.8. The number of rotatable bonds is 9. The average Bonchev–Trinajstić information content (AvgIpc) is 0.899. The molecule has 8 aromatic heterocycles. The van der Waals surface area contributed by atoms with Crippen molar-refractivity contribution in [3.63, 3.8) is 0 Å². The highest BCUT2D eigenvalue weighted by Crippen LogP contribution is 2.67. The van der Waals surface area contributed by atoms with Crippen molar-refractivity contribution in [1.29, 1.82) is 0 Å². The third-order valence-corrected chi connectivity index (χ3v) is 31.3. The molecule has 6 N–H and O–H groups in total. The maximum atomic E-state index is 12.3. The molecule has 19 aliphatic rings. The van der Waals surface area contributed by atoms with Crippen LogP contribution in [0.1, 0.15) is 185 Å². The van der Waals surface area contributed by atoms with Crippen LogP contribution in [0.3, 0.4) is 0 Å². The monoisotopic (exact) mass is 1470 g/mol. The van der Waals surface area contributed by atoms with Crippen molar-refractivity contribution in [3.8, 4) is 11.5 Å². The molecule has 562 valence electrons. The Morgan fingerprint density at radius 2 is 0.963 bits per heavy atom. The van der Waals surface area contributed by atoms with Gasteiger partial charge < -0.3 is 53.6 Å². The highest BCUT2D eigenvalue weighted by Gasteiger charge is 2.59. The topological polar surface area (TPSA) is 261 Å². The van der Waals surface area contributed by atoms with E-state index in [-0.39, 0.29) is 37.4 Å². The van der Waals surface area contributed by atoms with Crippen molar-refractivity contribution >= 4 is 109 Å². The van der Waals surface area contributed by atoms with Crippen molar-refractivity contribution in [2.75, 3.05) is 37.8 Å². The first-order valence-electron chi connectivity index (χ1n) is 41.2. The minimum atomic E-state index is -3.00. The standard InChI is InChI=1S/2C22H27BN4O.C20H23N3O2.C19H25BN2O4S/c2*1-22-9-13-7-14(10-22)18(15(8-13)11-22)20-19-16-3-4-24-21(16)25-12-17(19)23-27(26-20)5-2-6-28-23;1-20-6-11-4-12(7-20)17(13(5-11)8-20)15-10-23(24)25-16-9-22-19-14(18(15)16)2-3-21-19;1-12(2)4-6-27(24,25)11-13-7-14(8-13)16-9-20(23)26-17-10-22-19-15(18(16)17)3-5-21-19/h2*3-4,12-15,18H,2,5-11H2,1H3,(H,24,25);2-3,9-13,17,24H,4-8H2,1H3,(H,21,22);3,5,9-10,12-14,23H,4,6-8,11H2,1-2H3,(H,21,22). The van der Waals surface area contributed by atoms with Gasteiger partial charge in [0, 0.05) is 130 Å². The number of allylic oxidation sites excluding steroid dienone is 2. The van der Waals surface area contributed by atoms with Gasteiger partial charge in [-0.3, -0.25) is 5.21 Å². The van der Waals surface area contributed by atoms with Gasteiger partial charge in [-0.2, -0.15) is 10.2 Å². The fourth-order valence-corrected chi connectivity index (χ4v) is 28.5. The molecule has 6 aliphatic heterocycles. The average molecular weight is 1470 g/mol. The number of hydroxylamine groups is 2. The van der Waals surface area contributed by atoms with Crippen molar-refractivity contribution in [1.82, 2.24) is 54.9 Å². The van der Waals surface area contributed by atoms with Crippen LogP contribution in [-0.2, 0) is 19.1 Å². The molecular weight excluding hydrogens is 1370 g/mol. The van der Waals surface area contributed by atoms with E-state index in [2.05, 4.69) is 78.7 Å². The summed E-state index contributed by atoms with van der Waals surface area (Å²) in [6.45, 7) is 15.3. The Kier molecular flexibility index (Phi) is 16.4. The second-order valence-corrected chi connectivity index (χ2v) is 40.2. The molecule has 25 heteroatoms. The molecule has 6 unspecified atom stereocenters. The zero-order chi connectivity index (χ0) is 72.9. The summed E-state index contributed by atoms with van der Waals surface area (Å²) in [6.07, 6.45) is 42.4. The molecule has 0 aromatic carbocycles. The fraction of sp³-hybridized carbons (Fsp3) is 0.590. The first-order valence-corrected chi connectivity index (χ1v) is 43.0. The first kappa shape index (κ1) is 68.6. The van der Waals surface area contributed by atoms with Gasteiger partial charge in [-0.25, -0.2) is 28.4 Å². The van der Waals surface area contributed by atoms with Crippen LogP contribution in [-0.4, -0.2) is 144 Å². The van der Waals surface area contributed by atoms with Gasteiger partial charge >= 0.3 is 21.2 Å². The summed E-state index contributed by atoms with van der Waals surface area (Å²) in [5.41, 5.74) is 17.6. The molecule has 21 nitrogen and oxygen atoms in total. The maximum Gasteiger partial charge on any atom is 0.552 e. The normalized spacial score (nSPS) is 34.5. The second kappa shape index (κ2) is 25.8. The number of nitrogens with one attached hydrogen (secondary N) is 4. The molecule has 14 heterocycles. The third-order valence-electron chi connectivity index (χ3n) is 29.5. The van der Waals surface area contributed by atoms with Crippen molar-refractivity contribution in [3.05, 3.63) is 108 Å². The molecular formula is C83H102B3N13O8S. The fourth-order valence-electron chi connectivity index (χ4n) is 26.5. The van der Waals surface area contributed by atoms with E-state index in [1.807, 2.05) is 63.3 Å². The van der Waals surface area contributed by atoms with E-state index in [4.69, 9.17) is 39.0 Å². The van der Waals surface area contributed by atoms with Gasteiger partial charge in [0.15, 0.2) is 15.6 Å². The number of nitrogens with zero attached hydrogens (tertiary/aromatic N) is 9. The molecule has 0 amide bonds. The van der Waals surface area contributed by atoms with E-state index in [0.717, 1.165) is 167 Å². The Balaban J connectivity index is 0.0000000920. The van der Waals surface area contributed by atoms with Crippen LogP contribution in [0.15, 0.2) is 96.2 Å². The summed E-state index contributed by atoms with van der Waals surface area (Å²) >= 11 is 0. The maximum absolute atomic E-state index is 12.3. The minimum Gasteiger partial charge on any atom is -0.531 e. The van der Waals surface area contributed by atoms with Crippen LogP contribution in [0.5, 0.6) is 11.5 Å². The molecule has 13 aliphatic carbocycles. The molecule has 8 aromatic rings. The minimum absolute atomic E-state index is 0.0614. The van der Waals surface area contributed by atoms with Crippen molar-refractivity contribution < 1.29 is 37.4 Å². The van der Waals surface area contributed by atoms with Gasteiger partial charge in [0.25, 0.3) is 0 Å². The van der Waals surface area contributed by atoms with E-state index >= 15 is 0 Å². The number of aromatic amines is 4. The lowest BCUT2D eigenvalue weighted by atomic mass is 9.45. The summed E-state index contributed by atoms with van der Waals surface area (Å²) < 4.78 is 42.5. The number of H-pyrrole nitrogens is 4. The Morgan fingerprint density at radius 1 is 0.546 bits per heavy atom. The van der Waals surface area contributed by atoms with E-state index in [1.54, 1.807) is 18.4 Å². The summed E-state index contributed by atoms with van der Waals surface area (Å²) in [7, 11) is -4.11. The zero-order valence-electron chi connectivity index (χ0n) is 63.1. The second-order valence-electron chi connectivity index (χ2n) is 37.9. The van der Waals surface area contributed by atoms with Gasteiger partial charge in [-0.05, 0) is 263 Å². The summed E-state index contributed by atoms with van der Waals surface area (Å²) in [6, 6.07) is 8.41. The molecule has 13 saturated carbocycles. The van der Waals surface area contributed by atoms with Crippen molar-refractivity contribution in [2.45, 2.75) is 163 Å². The van der Waals surface area contributed by atoms with Gasteiger partial charge in [-0.15, -0.1) is 0 Å². The van der Waals surface area contributed by atoms with Crippen LogP contribution >= 0.6 is 0 Å². The zero-order valence-corrected chi connectivity index (χ0v) is 64.0. The molecule has 0 radical (unpaired) electrons. The molecule has 12 bridgehead atoms. The smallest absolute Gasteiger partial charge is 0.531 e. The summed E-state index contributed by atoms with van der Waals surface area (Å²) in [5.74, 6) is 13.6. The van der Waals surface area contributed by atoms with Crippen molar-refractivity contribution in [2.24, 2.45) is 115 Å². The molecule has 108 heavy (non-hydrogen) atoms. The van der Waals surface area contributed by atoms with Crippen LogP contribution in [0.4, 0.5) is 0 Å². The molecule has 6 atom stereocenters. The predicted octanol–water partition coefficient (Wildman–Crippen LogP) is 13.5. The number of sulfone groups is 1. The van der Waals surface area contributed by atoms with E-state index in [0.29, 0.717) is 51.4 Å². The lowest BCUT2D eigenvalue weighted by Crippen LogP contribution is -2.59. The van der Waals surface area contributed by atoms with E-state index in [9.17, 15) is 18.6 Å². The molecule has 0 spiro atoms. The van der Waals surface area contributed by atoms with Gasteiger partial charge in [0.05, 0.1) is 41.5 Å². The number of aromatic nitrogens is 8. The Hall–Kier alpha value is -7.44. The number of fused-ring (bicyclic) bond motifs is 16. The number of hydrogen-bond donors (Lipinski definition) is 6. The van der Waals surface area contributed by atoms with Crippen LogP contribution in [0, 0.1) is 105 Å². The van der Waals surface area contributed by atoms with Crippen LogP contribution in [0.25, 0.3) is 55.3 Å². The lowest BCUT2D eigenvalue weighted by Gasteiger charge is -2.60. The van der Waals surface area contributed by atoms with E-state index in [1.165, 1.54) is 146 Å². The van der Waals surface area contributed by atoms with Crippen LogP contribution < -0.4 is 20.4 Å². The largest absolute Gasteiger partial charge is 0.552 e. The van der Waals surface area contributed by atoms with E-state index < -0.39 is 17.0 Å². The number of hydrazone groups is 2. The summed E-state index contributed by atoms with van der Waals surface area (Å²) in [4.78, 5) is 41.1. The highest BCUT2D eigenvalue weighted by atomic mass is 32.2. The SMILES string of the molecule is CC(C)CCS(=O)(=O)CC1CC(C2=CB(O)Oc3cnc4[nH]ccc4c32)C1.CC12CC3CC(C1)C(C1=CN(O)Oc4cnc5[nH]ccc5c41)C(C3)C2.CC12CC3CC(C1)C(C1=NN4CCCOB4c4cnc5[nH]ccc5c41)C(C3)C2.CC12CC3CC(C1)C(C1=NN4CCCOB4c4cnc5[nH]ccc5c41)C(C3)C2.